The van der Waals surface area contributed by atoms with Gasteiger partial charge in [0.25, 0.3) is 5.91 Å². The highest BCUT2D eigenvalue weighted by molar-refractivity contribution is 6.43. The van der Waals surface area contributed by atoms with Gasteiger partial charge < -0.3 is 30.5 Å². The number of aromatic nitrogens is 2. The number of nitrogens with one attached hydrogen (secondary N) is 2. The van der Waals surface area contributed by atoms with Crippen molar-refractivity contribution in [2.45, 2.75) is 51.0 Å². The molecule has 0 bridgehead atoms. The van der Waals surface area contributed by atoms with Crippen molar-refractivity contribution in [2.24, 2.45) is 0 Å². The molecule has 1 saturated heterocycles. The predicted molar refractivity (Wildman–Crippen MR) is 143 cm³/mol. The zero-order valence-electron chi connectivity index (χ0n) is 22.0. The molecule has 1 aliphatic heterocycles. The highest BCUT2D eigenvalue weighted by Crippen LogP contribution is 2.10. The minimum absolute atomic E-state index is 0.0106. The topological polar surface area (TPSA) is 165 Å². The fraction of sp³-hybridized carbons (Fsp3) is 0.462. The quantitative estimate of drug-likeness (QED) is 0.264. The number of piperazine rings is 1. The van der Waals surface area contributed by atoms with E-state index < -0.39 is 30.9 Å². The molecule has 2 unspecified atom stereocenters. The van der Waals surface area contributed by atoms with Crippen LogP contribution in [0.15, 0.2) is 48.9 Å². The summed E-state index contributed by atoms with van der Waals surface area (Å²) in [5.41, 5.74) is 1.05. The number of nitrogens with zero attached hydrogens (tertiary/aromatic N) is 4. The molecule has 2 atom stereocenters. The molecular formula is C26H35BN6O6. The number of benzene rings is 1. The Morgan fingerprint density at radius 3 is 2.23 bits per heavy atom. The molecule has 4 N–H and O–H groups in total. The number of carbonyl (C=O) groups excluding carboxylic acids is 4. The minimum Gasteiger partial charge on any atom is -0.426 e. The van der Waals surface area contributed by atoms with Crippen molar-refractivity contribution in [1.82, 2.24) is 30.4 Å². The molecule has 1 aliphatic rings. The summed E-state index contributed by atoms with van der Waals surface area (Å²) >= 11 is 0. The van der Waals surface area contributed by atoms with Gasteiger partial charge in [-0.2, -0.15) is 0 Å². The molecule has 1 aromatic heterocycles. The van der Waals surface area contributed by atoms with Gasteiger partial charge in [-0.3, -0.25) is 24.2 Å². The van der Waals surface area contributed by atoms with E-state index in [1.165, 1.54) is 18.6 Å². The Morgan fingerprint density at radius 2 is 1.64 bits per heavy atom. The standard InChI is InChI=1S/C26H35BN6O6/c1-2-23(34)32-13-15-33(16-14-32)24(35)17-20(30-26(37)21-18-28-11-12-29-21)25(36)31-22(27(38)39)10-6-9-19-7-4-3-5-8-19/h3-5,7-8,11-12,18,20,22,38-39H,2,6,9-10,13-17H2,1H3,(H,30,37)(H,31,36). The van der Waals surface area contributed by atoms with Crippen LogP contribution in [0.1, 0.15) is 48.7 Å². The molecule has 2 heterocycles. The van der Waals surface area contributed by atoms with Crippen LogP contribution in [0.4, 0.5) is 0 Å². The van der Waals surface area contributed by atoms with E-state index in [1.807, 2.05) is 30.3 Å². The van der Waals surface area contributed by atoms with Crippen molar-refractivity contribution in [2.75, 3.05) is 26.2 Å². The third-order valence-corrected chi connectivity index (χ3v) is 6.59. The van der Waals surface area contributed by atoms with E-state index in [2.05, 4.69) is 20.6 Å². The molecule has 12 nitrogen and oxygen atoms in total. The van der Waals surface area contributed by atoms with Crippen LogP contribution < -0.4 is 10.6 Å². The van der Waals surface area contributed by atoms with Crippen LogP contribution in [0.2, 0.25) is 0 Å². The van der Waals surface area contributed by atoms with Crippen molar-refractivity contribution >= 4 is 30.7 Å². The van der Waals surface area contributed by atoms with E-state index in [4.69, 9.17) is 0 Å². The first kappa shape index (κ1) is 29.7. The van der Waals surface area contributed by atoms with E-state index in [9.17, 15) is 29.2 Å². The van der Waals surface area contributed by atoms with Crippen LogP contribution in [0.25, 0.3) is 0 Å². The summed E-state index contributed by atoms with van der Waals surface area (Å²) in [5, 5.41) is 24.9. The number of carbonyl (C=O) groups is 4. The summed E-state index contributed by atoms with van der Waals surface area (Å²) in [4.78, 5) is 62.1. The molecule has 0 aliphatic carbocycles. The molecule has 1 fully saturated rings. The molecule has 4 amide bonds. The molecule has 13 heteroatoms. The fourth-order valence-electron chi connectivity index (χ4n) is 4.34. The number of aryl methyl sites for hydroxylation is 1. The van der Waals surface area contributed by atoms with Gasteiger partial charge >= 0.3 is 7.12 Å². The molecule has 208 valence electrons. The van der Waals surface area contributed by atoms with Crippen LogP contribution in [-0.4, -0.2) is 98.7 Å². The van der Waals surface area contributed by atoms with E-state index >= 15 is 0 Å². The summed E-state index contributed by atoms with van der Waals surface area (Å²) in [6.45, 7) is 3.19. The average Bonchev–Trinajstić information content (AvgIpc) is 2.96. The molecule has 39 heavy (non-hydrogen) atoms. The zero-order valence-corrected chi connectivity index (χ0v) is 22.0. The molecule has 0 radical (unpaired) electrons. The van der Waals surface area contributed by atoms with Crippen LogP contribution in [0, 0.1) is 0 Å². The molecule has 2 aromatic rings. The summed E-state index contributed by atoms with van der Waals surface area (Å²) in [6, 6.07) is 8.37. The van der Waals surface area contributed by atoms with Gasteiger partial charge in [-0.05, 0) is 24.8 Å². The molecule has 0 saturated carbocycles. The first-order valence-electron chi connectivity index (χ1n) is 13.1. The van der Waals surface area contributed by atoms with Crippen LogP contribution >= 0.6 is 0 Å². The number of hydrogen-bond acceptors (Lipinski definition) is 8. The SMILES string of the molecule is CCC(=O)N1CCN(C(=O)CC(NC(=O)c2cnccn2)C(=O)NC(CCCc2ccccc2)B(O)O)CC1. The summed E-state index contributed by atoms with van der Waals surface area (Å²) in [7, 11) is -1.83. The lowest BCUT2D eigenvalue weighted by Crippen LogP contribution is -2.56. The third kappa shape index (κ3) is 9.15. The second-order valence-electron chi connectivity index (χ2n) is 9.34. The highest BCUT2D eigenvalue weighted by atomic mass is 16.4. The molecule has 1 aromatic carbocycles. The summed E-state index contributed by atoms with van der Waals surface area (Å²) in [6.07, 6.45) is 5.52. The lowest BCUT2D eigenvalue weighted by molar-refractivity contribution is -0.140. The molecule has 0 spiro atoms. The average molecular weight is 538 g/mol. The van der Waals surface area contributed by atoms with Gasteiger partial charge in [0.15, 0.2) is 0 Å². The summed E-state index contributed by atoms with van der Waals surface area (Å²) < 4.78 is 0. The van der Waals surface area contributed by atoms with Gasteiger partial charge in [0.05, 0.1) is 18.6 Å². The molecular weight excluding hydrogens is 503 g/mol. The number of amides is 4. The number of rotatable bonds is 12. The van der Waals surface area contributed by atoms with Crippen molar-refractivity contribution in [1.29, 1.82) is 0 Å². The Morgan fingerprint density at radius 1 is 0.974 bits per heavy atom. The van der Waals surface area contributed by atoms with Gasteiger partial charge in [-0.15, -0.1) is 0 Å². The van der Waals surface area contributed by atoms with Crippen LogP contribution in [0.3, 0.4) is 0 Å². The lowest BCUT2D eigenvalue weighted by Gasteiger charge is -2.35. The summed E-state index contributed by atoms with van der Waals surface area (Å²) in [5.74, 6) is -2.78. The third-order valence-electron chi connectivity index (χ3n) is 6.59. The van der Waals surface area contributed by atoms with Gasteiger partial charge in [0.2, 0.25) is 17.7 Å². The maximum atomic E-state index is 13.2. The van der Waals surface area contributed by atoms with Gasteiger partial charge in [-0.1, -0.05) is 37.3 Å². The first-order valence-corrected chi connectivity index (χ1v) is 13.1. The van der Waals surface area contributed by atoms with Crippen LogP contribution in [-0.2, 0) is 20.8 Å². The second kappa shape index (κ2) is 14.9. The predicted octanol–water partition coefficient (Wildman–Crippen LogP) is -0.434. The fourth-order valence-corrected chi connectivity index (χ4v) is 4.34. The Hall–Kier alpha value is -3.84. The largest absolute Gasteiger partial charge is 0.475 e. The van der Waals surface area contributed by atoms with Crippen molar-refractivity contribution in [3.8, 4) is 0 Å². The highest BCUT2D eigenvalue weighted by Gasteiger charge is 2.33. The molecule has 3 rings (SSSR count). The maximum absolute atomic E-state index is 13.2. The number of hydrogen-bond donors (Lipinski definition) is 4. The van der Waals surface area contributed by atoms with Crippen molar-refractivity contribution in [3.63, 3.8) is 0 Å². The van der Waals surface area contributed by atoms with Crippen molar-refractivity contribution < 1.29 is 29.2 Å². The Labute approximate surface area is 228 Å². The first-order chi connectivity index (χ1) is 18.8. The Bertz CT molecular complexity index is 1100. The monoisotopic (exact) mass is 538 g/mol. The zero-order chi connectivity index (χ0) is 28.2. The second-order valence-corrected chi connectivity index (χ2v) is 9.34. The van der Waals surface area contributed by atoms with E-state index in [1.54, 1.807) is 16.7 Å². The lowest BCUT2D eigenvalue weighted by atomic mass is 9.76. The van der Waals surface area contributed by atoms with E-state index in [0.29, 0.717) is 45.4 Å². The van der Waals surface area contributed by atoms with Gasteiger partial charge in [-0.25, -0.2) is 4.98 Å². The smallest absolute Gasteiger partial charge is 0.426 e. The van der Waals surface area contributed by atoms with E-state index in [-0.39, 0.29) is 30.3 Å². The Kier molecular flexibility index (Phi) is 11.4. The van der Waals surface area contributed by atoms with Gasteiger partial charge in [0, 0.05) is 45.0 Å². The normalized spacial score (nSPS) is 14.7. The maximum Gasteiger partial charge on any atom is 0.475 e. The van der Waals surface area contributed by atoms with Crippen molar-refractivity contribution in [3.05, 3.63) is 60.2 Å². The van der Waals surface area contributed by atoms with Gasteiger partial charge in [0.1, 0.15) is 11.7 Å². The van der Waals surface area contributed by atoms with E-state index in [0.717, 1.165) is 5.56 Å². The Balaban J connectivity index is 1.65. The van der Waals surface area contributed by atoms with Crippen LogP contribution in [0.5, 0.6) is 0 Å². The minimum atomic E-state index is -1.83.